The predicted molar refractivity (Wildman–Crippen MR) is 68.0 cm³/mol. The van der Waals surface area contributed by atoms with E-state index in [4.69, 9.17) is 0 Å². The average molecular weight is 232 g/mol. The first-order valence-corrected chi connectivity index (χ1v) is 6.44. The minimum Gasteiger partial charge on any atom is -0.348 e. The van der Waals surface area contributed by atoms with Crippen LogP contribution < -0.4 is 5.32 Å². The molecule has 0 radical (unpaired) electrons. The minimum absolute atomic E-state index is 0.0128. The quantitative estimate of drug-likeness (QED) is 0.870. The van der Waals surface area contributed by atoms with E-state index in [0.29, 0.717) is 17.7 Å². The molecule has 2 rings (SSSR count). The number of rotatable bonds is 3. The number of nitrogens with zero attached hydrogens (tertiary/aromatic N) is 1. The Hall–Kier alpha value is -1.38. The molecule has 1 fully saturated rings. The van der Waals surface area contributed by atoms with Crippen molar-refractivity contribution < 1.29 is 4.79 Å². The van der Waals surface area contributed by atoms with Gasteiger partial charge in [-0.15, -0.1) is 0 Å². The van der Waals surface area contributed by atoms with Crippen molar-refractivity contribution in [2.24, 2.45) is 0 Å². The Morgan fingerprint density at radius 3 is 2.76 bits per heavy atom. The van der Waals surface area contributed by atoms with Gasteiger partial charge in [0.2, 0.25) is 0 Å². The summed E-state index contributed by atoms with van der Waals surface area (Å²) in [6, 6.07) is 4.23. The van der Waals surface area contributed by atoms with E-state index in [0.717, 1.165) is 18.4 Å². The van der Waals surface area contributed by atoms with Crippen molar-refractivity contribution in [1.29, 1.82) is 0 Å². The maximum absolute atomic E-state index is 12.2. The normalized spacial score (nSPS) is 16.4. The second-order valence-corrected chi connectivity index (χ2v) is 5.05. The summed E-state index contributed by atoms with van der Waals surface area (Å²) >= 11 is 0. The molecule has 1 aromatic heterocycles. The maximum atomic E-state index is 12.2. The molecule has 1 heterocycles. The number of pyridine rings is 1. The summed E-state index contributed by atoms with van der Waals surface area (Å²) in [5.41, 5.74) is 1.62. The Kier molecular flexibility index (Phi) is 3.77. The summed E-state index contributed by atoms with van der Waals surface area (Å²) < 4.78 is 0. The molecule has 0 aromatic carbocycles. The molecule has 1 amide bonds. The average Bonchev–Trinajstić information content (AvgIpc) is 2.81. The molecule has 92 valence electrons. The maximum Gasteiger partial charge on any atom is 0.270 e. The summed E-state index contributed by atoms with van der Waals surface area (Å²) in [6.07, 6.45) is 6.36. The van der Waals surface area contributed by atoms with E-state index in [9.17, 15) is 4.79 Å². The van der Waals surface area contributed by atoms with E-state index >= 15 is 0 Å². The fourth-order valence-corrected chi connectivity index (χ4v) is 2.40. The van der Waals surface area contributed by atoms with Crippen LogP contribution in [0, 0.1) is 0 Å². The molecule has 0 spiro atoms. The molecule has 0 saturated heterocycles. The van der Waals surface area contributed by atoms with Crippen LogP contribution in [0.25, 0.3) is 0 Å². The van der Waals surface area contributed by atoms with E-state index in [1.54, 1.807) is 6.20 Å². The molecule has 1 N–H and O–H groups in total. The lowest BCUT2D eigenvalue weighted by atomic mass is 10.0. The Morgan fingerprint density at radius 1 is 1.41 bits per heavy atom. The van der Waals surface area contributed by atoms with Crippen LogP contribution >= 0.6 is 0 Å². The van der Waals surface area contributed by atoms with Gasteiger partial charge in [-0.3, -0.25) is 9.78 Å². The molecule has 3 heteroatoms. The van der Waals surface area contributed by atoms with Gasteiger partial charge < -0.3 is 5.32 Å². The number of carbonyl (C=O) groups excluding carboxylic acids is 1. The molecule has 0 atom stereocenters. The van der Waals surface area contributed by atoms with Crippen LogP contribution in [0.5, 0.6) is 0 Å². The van der Waals surface area contributed by atoms with Crippen molar-refractivity contribution in [1.82, 2.24) is 10.3 Å². The number of hydrogen-bond acceptors (Lipinski definition) is 2. The molecule has 0 unspecified atom stereocenters. The fourth-order valence-electron chi connectivity index (χ4n) is 2.40. The van der Waals surface area contributed by atoms with Gasteiger partial charge in [-0.05, 0) is 30.4 Å². The predicted octanol–water partition coefficient (Wildman–Crippen LogP) is 2.88. The van der Waals surface area contributed by atoms with Crippen molar-refractivity contribution >= 4 is 5.91 Å². The molecular formula is C14H20N2O. The summed E-state index contributed by atoms with van der Waals surface area (Å²) in [6.45, 7) is 4.17. The van der Waals surface area contributed by atoms with Gasteiger partial charge in [0.05, 0.1) is 0 Å². The van der Waals surface area contributed by atoms with E-state index in [1.807, 2.05) is 12.1 Å². The van der Waals surface area contributed by atoms with Crippen molar-refractivity contribution in [3.05, 3.63) is 29.6 Å². The van der Waals surface area contributed by atoms with Gasteiger partial charge in [-0.1, -0.05) is 32.8 Å². The largest absolute Gasteiger partial charge is 0.348 e. The third-order valence-electron chi connectivity index (χ3n) is 3.37. The minimum atomic E-state index is -0.0128. The third-order valence-corrected chi connectivity index (χ3v) is 3.37. The Bertz CT molecular complexity index is 395. The highest BCUT2D eigenvalue weighted by Gasteiger charge is 2.20. The van der Waals surface area contributed by atoms with Gasteiger partial charge >= 0.3 is 0 Å². The first kappa shape index (κ1) is 12.1. The molecule has 1 saturated carbocycles. The van der Waals surface area contributed by atoms with Crippen LogP contribution in [-0.2, 0) is 0 Å². The van der Waals surface area contributed by atoms with Crippen LogP contribution in [-0.4, -0.2) is 16.9 Å². The first-order valence-electron chi connectivity index (χ1n) is 6.44. The molecular weight excluding hydrogens is 212 g/mol. The zero-order valence-electron chi connectivity index (χ0n) is 10.6. The van der Waals surface area contributed by atoms with E-state index in [1.165, 1.54) is 12.8 Å². The van der Waals surface area contributed by atoms with Gasteiger partial charge in [-0.25, -0.2) is 0 Å². The van der Waals surface area contributed by atoms with Gasteiger partial charge in [0.25, 0.3) is 5.91 Å². The Morgan fingerprint density at radius 2 is 2.12 bits per heavy atom. The first-order chi connectivity index (χ1) is 8.18. The molecule has 1 aliphatic rings. The summed E-state index contributed by atoms with van der Waals surface area (Å²) in [4.78, 5) is 16.4. The lowest BCUT2D eigenvalue weighted by molar-refractivity contribution is 0.0931. The summed E-state index contributed by atoms with van der Waals surface area (Å²) in [5, 5.41) is 3.09. The zero-order valence-corrected chi connectivity index (χ0v) is 10.6. The van der Waals surface area contributed by atoms with Gasteiger partial charge in [0.15, 0.2) is 0 Å². The highest BCUT2D eigenvalue weighted by molar-refractivity contribution is 5.94. The molecule has 0 aliphatic heterocycles. The number of carbonyl (C=O) groups is 1. The monoisotopic (exact) mass is 232 g/mol. The van der Waals surface area contributed by atoms with E-state index in [2.05, 4.69) is 24.1 Å². The van der Waals surface area contributed by atoms with Gasteiger partial charge in [-0.2, -0.15) is 0 Å². The van der Waals surface area contributed by atoms with Crippen molar-refractivity contribution in [3.63, 3.8) is 0 Å². The Balaban J connectivity index is 2.12. The number of hydrogen-bond donors (Lipinski definition) is 1. The molecule has 1 aliphatic carbocycles. The molecule has 3 nitrogen and oxygen atoms in total. The number of amides is 1. The molecule has 17 heavy (non-hydrogen) atoms. The lowest BCUT2D eigenvalue weighted by Gasteiger charge is -2.15. The number of nitrogens with one attached hydrogen (secondary N) is 1. The van der Waals surface area contributed by atoms with Gasteiger partial charge in [0.1, 0.15) is 5.69 Å². The van der Waals surface area contributed by atoms with E-state index < -0.39 is 0 Å². The standard InChI is InChI=1S/C14H20N2O/c1-10(2)12-8-5-9-15-13(12)14(17)16-11-6-3-4-7-11/h5,8-11H,3-4,6-7H2,1-2H3,(H,16,17). The second-order valence-electron chi connectivity index (χ2n) is 5.05. The third kappa shape index (κ3) is 2.84. The summed E-state index contributed by atoms with van der Waals surface area (Å²) in [5.74, 6) is 0.314. The van der Waals surface area contributed by atoms with Crippen molar-refractivity contribution in [2.75, 3.05) is 0 Å². The smallest absolute Gasteiger partial charge is 0.270 e. The topological polar surface area (TPSA) is 42.0 Å². The highest BCUT2D eigenvalue weighted by Crippen LogP contribution is 2.20. The molecule has 0 bridgehead atoms. The Labute approximate surface area is 103 Å². The SMILES string of the molecule is CC(C)c1cccnc1C(=O)NC1CCCC1. The van der Waals surface area contributed by atoms with Crippen molar-refractivity contribution in [3.8, 4) is 0 Å². The highest BCUT2D eigenvalue weighted by atomic mass is 16.1. The van der Waals surface area contributed by atoms with Crippen LogP contribution in [0.2, 0.25) is 0 Å². The van der Waals surface area contributed by atoms with Crippen LogP contribution in [0.3, 0.4) is 0 Å². The number of aromatic nitrogens is 1. The van der Waals surface area contributed by atoms with Crippen molar-refractivity contribution in [2.45, 2.75) is 51.5 Å². The van der Waals surface area contributed by atoms with Gasteiger partial charge in [0, 0.05) is 12.2 Å². The van der Waals surface area contributed by atoms with Crippen LogP contribution in [0.15, 0.2) is 18.3 Å². The second kappa shape index (κ2) is 5.30. The molecule has 1 aromatic rings. The van der Waals surface area contributed by atoms with E-state index in [-0.39, 0.29) is 5.91 Å². The summed E-state index contributed by atoms with van der Waals surface area (Å²) in [7, 11) is 0. The zero-order chi connectivity index (χ0) is 12.3. The fraction of sp³-hybridized carbons (Fsp3) is 0.571. The van der Waals surface area contributed by atoms with Crippen LogP contribution in [0.4, 0.5) is 0 Å². The van der Waals surface area contributed by atoms with Crippen LogP contribution in [0.1, 0.15) is 61.5 Å². The lowest BCUT2D eigenvalue weighted by Crippen LogP contribution is -2.33.